The molecule has 2 aromatic carbocycles. The van der Waals surface area contributed by atoms with E-state index in [2.05, 4.69) is 48.7 Å². The number of imidazole rings is 1. The number of aryl methyl sites for hydroxylation is 3. The quantitative estimate of drug-likeness (QED) is 0.425. The third kappa shape index (κ3) is 3.74. The molecule has 5 aromatic rings. The number of aliphatic hydroxyl groups is 1. The number of aliphatic hydroxyl groups excluding tert-OH is 1. The summed E-state index contributed by atoms with van der Waals surface area (Å²) >= 11 is 0. The summed E-state index contributed by atoms with van der Waals surface area (Å²) in [6.45, 7) is 5.32. The molecule has 176 valence electrons. The lowest BCUT2D eigenvalue weighted by Crippen LogP contribution is -2.46. The maximum Gasteiger partial charge on any atom is 0.167 e. The third-order valence-electron chi connectivity index (χ3n) is 6.52. The molecule has 0 aliphatic carbocycles. The molecule has 1 aliphatic rings. The Bertz CT molecular complexity index is 1520. The zero-order chi connectivity index (χ0) is 24.1. The Hall–Kier alpha value is -4.11. The lowest BCUT2D eigenvalue weighted by molar-refractivity contribution is 0.206. The normalized spacial score (nSPS) is 14.9. The number of para-hydroxylation sites is 2. The molecule has 9 nitrogen and oxygen atoms in total. The van der Waals surface area contributed by atoms with Crippen molar-refractivity contribution in [1.82, 2.24) is 34.3 Å². The molecule has 4 heterocycles. The van der Waals surface area contributed by atoms with Crippen LogP contribution in [0.4, 0.5) is 5.82 Å². The fourth-order valence-corrected chi connectivity index (χ4v) is 4.73. The minimum absolute atomic E-state index is 0.329. The van der Waals surface area contributed by atoms with Gasteiger partial charge in [-0.2, -0.15) is 4.68 Å². The van der Waals surface area contributed by atoms with E-state index in [1.54, 1.807) is 4.68 Å². The third-order valence-corrected chi connectivity index (χ3v) is 6.52. The summed E-state index contributed by atoms with van der Waals surface area (Å²) in [6.07, 6.45) is -0.915. The van der Waals surface area contributed by atoms with Crippen LogP contribution in [0.5, 0.6) is 0 Å². The highest BCUT2D eigenvalue weighted by Crippen LogP contribution is 2.32. The Morgan fingerprint density at radius 1 is 0.857 bits per heavy atom. The van der Waals surface area contributed by atoms with E-state index in [1.165, 1.54) is 0 Å². The van der Waals surface area contributed by atoms with Gasteiger partial charge in [0.25, 0.3) is 0 Å². The Morgan fingerprint density at radius 2 is 1.57 bits per heavy atom. The predicted octanol–water partition coefficient (Wildman–Crippen LogP) is 3.25. The summed E-state index contributed by atoms with van der Waals surface area (Å²) in [5.41, 5.74) is 2.92. The maximum atomic E-state index is 11.0. The highest BCUT2D eigenvalue weighted by molar-refractivity contribution is 5.76. The van der Waals surface area contributed by atoms with Gasteiger partial charge in [-0.05, 0) is 31.5 Å². The zero-order valence-electron chi connectivity index (χ0n) is 19.9. The fraction of sp³-hybridized carbons (Fsp3) is 0.269. The standard InChI is InChI=1S/C26H26N8O/c1-16-27-22(33-14-19(15-33)25-30-20-11-7-8-12-21(20)32(25)3)13-23(28-16)34-26(29-17(2)31-34)24(35)18-9-5-4-6-10-18/h4-13,19,24,35H,14-15H2,1-3H3. The van der Waals surface area contributed by atoms with Crippen molar-refractivity contribution >= 4 is 16.9 Å². The molecule has 35 heavy (non-hydrogen) atoms. The summed E-state index contributed by atoms with van der Waals surface area (Å²) in [6, 6.07) is 19.6. The number of rotatable bonds is 5. The smallest absolute Gasteiger partial charge is 0.167 e. The van der Waals surface area contributed by atoms with Gasteiger partial charge in [-0.15, -0.1) is 5.10 Å². The molecule has 6 rings (SSSR count). The number of nitrogens with zero attached hydrogens (tertiary/aromatic N) is 8. The van der Waals surface area contributed by atoms with Gasteiger partial charge in [0.15, 0.2) is 11.6 Å². The average Bonchev–Trinajstić information content (AvgIpc) is 3.38. The van der Waals surface area contributed by atoms with E-state index >= 15 is 0 Å². The van der Waals surface area contributed by atoms with E-state index in [-0.39, 0.29) is 0 Å². The van der Waals surface area contributed by atoms with E-state index < -0.39 is 6.10 Å². The molecule has 0 radical (unpaired) electrons. The van der Waals surface area contributed by atoms with Crippen LogP contribution in [0.25, 0.3) is 16.9 Å². The number of anilines is 1. The molecule has 0 amide bonds. The number of hydrogen-bond acceptors (Lipinski definition) is 7. The van der Waals surface area contributed by atoms with Crippen LogP contribution in [0.1, 0.15) is 40.9 Å². The molecule has 1 N–H and O–H groups in total. The van der Waals surface area contributed by atoms with Gasteiger partial charge in [0.1, 0.15) is 29.4 Å². The van der Waals surface area contributed by atoms with E-state index in [1.807, 2.05) is 62.4 Å². The molecular formula is C26H26N8O. The van der Waals surface area contributed by atoms with Crippen LogP contribution in [0.2, 0.25) is 0 Å². The summed E-state index contributed by atoms with van der Waals surface area (Å²) in [4.78, 5) is 20.9. The number of benzene rings is 2. The van der Waals surface area contributed by atoms with E-state index in [0.29, 0.717) is 29.2 Å². The highest BCUT2D eigenvalue weighted by atomic mass is 16.3. The molecule has 0 spiro atoms. The minimum Gasteiger partial charge on any atom is -0.380 e. The van der Waals surface area contributed by atoms with Gasteiger partial charge in [0, 0.05) is 26.2 Å². The first-order chi connectivity index (χ1) is 17.0. The monoisotopic (exact) mass is 466 g/mol. The molecule has 0 saturated carbocycles. The van der Waals surface area contributed by atoms with Gasteiger partial charge < -0.3 is 14.6 Å². The SMILES string of the molecule is Cc1nc(N2CC(c3nc4ccccc4n3C)C2)cc(-n2nc(C)nc2C(O)c2ccccc2)n1. The largest absolute Gasteiger partial charge is 0.380 e. The number of hydrogen-bond donors (Lipinski definition) is 1. The van der Waals surface area contributed by atoms with Gasteiger partial charge >= 0.3 is 0 Å². The van der Waals surface area contributed by atoms with E-state index in [0.717, 1.165) is 41.3 Å². The Labute approximate surface area is 202 Å². The summed E-state index contributed by atoms with van der Waals surface area (Å²) in [5.74, 6) is 4.47. The Balaban J connectivity index is 1.29. The van der Waals surface area contributed by atoms with Crippen molar-refractivity contribution in [2.45, 2.75) is 25.9 Å². The highest BCUT2D eigenvalue weighted by Gasteiger charge is 2.33. The first kappa shape index (κ1) is 21.4. The van der Waals surface area contributed by atoms with Gasteiger partial charge in [-0.25, -0.2) is 19.9 Å². The van der Waals surface area contributed by atoms with Crippen molar-refractivity contribution in [2.75, 3.05) is 18.0 Å². The molecule has 9 heteroatoms. The van der Waals surface area contributed by atoms with E-state index in [4.69, 9.17) is 4.98 Å². The molecule has 1 aliphatic heterocycles. The van der Waals surface area contributed by atoms with Crippen molar-refractivity contribution in [2.24, 2.45) is 7.05 Å². The molecule has 1 atom stereocenters. The summed E-state index contributed by atoms with van der Waals surface area (Å²) in [5, 5.41) is 15.5. The van der Waals surface area contributed by atoms with Crippen LogP contribution in [-0.4, -0.2) is 52.5 Å². The zero-order valence-corrected chi connectivity index (χ0v) is 19.9. The van der Waals surface area contributed by atoms with Gasteiger partial charge in [-0.1, -0.05) is 42.5 Å². The summed E-state index contributed by atoms with van der Waals surface area (Å²) < 4.78 is 3.80. The summed E-state index contributed by atoms with van der Waals surface area (Å²) in [7, 11) is 2.08. The molecule has 3 aromatic heterocycles. The Kier molecular flexibility index (Phi) is 5.07. The second-order valence-electron chi connectivity index (χ2n) is 8.99. The fourth-order valence-electron chi connectivity index (χ4n) is 4.73. The Morgan fingerprint density at radius 3 is 2.34 bits per heavy atom. The average molecular weight is 467 g/mol. The maximum absolute atomic E-state index is 11.0. The van der Waals surface area contributed by atoms with Crippen LogP contribution in [0, 0.1) is 13.8 Å². The van der Waals surface area contributed by atoms with Crippen molar-refractivity contribution in [1.29, 1.82) is 0 Å². The molecule has 1 fully saturated rings. The molecular weight excluding hydrogens is 440 g/mol. The lowest BCUT2D eigenvalue weighted by atomic mass is 9.99. The number of aromatic nitrogens is 7. The topological polar surface area (TPSA) is 97.8 Å². The van der Waals surface area contributed by atoms with Crippen molar-refractivity contribution in [3.63, 3.8) is 0 Å². The first-order valence-corrected chi connectivity index (χ1v) is 11.7. The molecule has 1 saturated heterocycles. The van der Waals surface area contributed by atoms with Gasteiger partial charge in [-0.3, -0.25) is 0 Å². The van der Waals surface area contributed by atoms with Crippen LogP contribution in [-0.2, 0) is 7.05 Å². The van der Waals surface area contributed by atoms with Crippen molar-refractivity contribution in [3.05, 3.63) is 89.5 Å². The van der Waals surface area contributed by atoms with Crippen LogP contribution < -0.4 is 4.90 Å². The van der Waals surface area contributed by atoms with Crippen molar-refractivity contribution in [3.8, 4) is 5.82 Å². The minimum atomic E-state index is -0.915. The molecule has 0 bridgehead atoms. The second kappa shape index (κ2) is 8.28. The predicted molar refractivity (Wildman–Crippen MR) is 133 cm³/mol. The van der Waals surface area contributed by atoms with Crippen molar-refractivity contribution < 1.29 is 5.11 Å². The molecule has 1 unspecified atom stereocenters. The van der Waals surface area contributed by atoms with Crippen LogP contribution in [0.15, 0.2) is 60.7 Å². The van der Waals surface area contributed by atoms with Crippen LogP contribution >= 0.6 is 0 Å². The van der Waals surface area contributed by atoms with Crippen LogP contribution in [0.3, 0.4) is 0 Å². The first-order valence-electron chi connectivity index (χ1n) is 11.7. The van der Waals surface area contributed by atoms with E-state index in [9.17, 15) is 5.11 Å². The second-order valence-corrected chi connectivity index (χ2v) is 8.99. The van der Waals surface area contributed by atoms with Gasteiger partial charge in [0.05, 0.1) is 17.0 Å². The number of fused-ring (bicyclic) bond motifs is 1. The lowest BCUT2D eigenvalue weighted by Gasteiger charge is -2.39. The van der Waals surface area contributed by atoms with Gasteiger partial charge in [0.2, 0.25) is 0 Å².